The first kappa shape index (κ1) is 23.7. The zero-order valence-electron chi connectivity index (χ0n) is 16.4. The highest BCUT2D eigenvalue weighted by Gasteiger charge is 2.10. The lowest BCUT2D eigenvalue weighted by Crippen LogP contribution is -2.38. The molecular formula is C19H29ClIN5O. The largest absolute Gasteiger partial charge is 0.357 e. The summed E-state index contributed by atoms with van der Waals surface area (Å²) < 4.78 is 5.27. The Kier molecular flexibility index (Phi) is 10.7. The Morgan fingerprint density at radius 1 is 1.33 bits per heavy atom. The zero-order valence-corrected chi connectivity index (χ0v) is 19.5. The molecule has 0 bridgehead atoms. The fourth-order valence-electron chi connectivity index (χ4n) is 2.45. The molecule has 0 saturated heterocycles. The van der Waals surface area contributed by atoms with E-state index in [1.165, 1.54) is 0 Å². The fraction of sp³-hybridized carbons (Fsp3) is 0.526. The van der Waals surface area contributed by atoms with E-state index < -0.39 is 0 Å². The summed E-state index contributed by atoms with van der Waals surface area (Å²) in [4.78, 5) is 11.2. The lowest BCUT2D eigenvalue weighted by atomic mass is 10.2. The van der Waals surface area contributed by atoms with Gasteiger partial charge in [0.05, 0.1) is 0 Å². The molecule has 2 aromatic rings. The highest BCUT2D eigenvalue weighted by molar-refractivity contribution is 14.0. The molecule has 1 aromatic heterocycles. The monoisotopic (exact) mass is 505 g/mol. The smallest absolute Gasteiger partial charge is 0.226 e. The Balaban J connectivity index is 0.00000364. The Bertz CT molecular complexity index is 720. The van der Waals surface area contributed by atoms with Crippen molar-refractivity contribution in [2.45, 2.75) is 46.1 Å². The van der Waals surface area contributed by atoms with E-state index in [1.807, 2.05) is 31.3 Å². The number of aryl methyl sites for hydroxylation is 1. The topological polar surface area (TPSA) is 66.5 Å². The van der Waals surface area contributed by atoms with Gasteiger partial charge >= 0.3 is 0 Å². The number of hydrogen-bond donors (Lipinski definition) is 1. The molecule has 0 amide bonds. The molecule has 0 aliphatic heterocycles. The molecule has 1 heterocycles. The van der Waals surface area contributed by atoms with Crippen molar-refractivity contribution in [1.82, 2.24) is 20.4 Å². The molecule has 2 rings (SSSR count). The minimum absolute atomic E-state index is 0. The predicted octanol–water partition coefficient (Wildman–Crippen LogP) is 4.49. The maximum atomic E-state index is 6.26. The van der Waals surface area contributed by atoms with Crippen LogP contribution in [0.2, 0.25) is 5.02 Å². The van der Waals surface area contributed by atoms with E-state index in [4.69, 9.17) is 21.1 Å². The van der Waals surface area contributed by atoms with Crippen LogP contribution in [-0.4, -0.2) is 41.1 Å². The van der Waals surface area contributed by atoms with Gasteiger partial charge in [0, 0.05) is 44.0 Å². The van der Waals surface area contributed by atoms with Crippen LogP contribution in [0.5, 0.6) is 0 Å². The van der Waals surface area contributed by atoms with E-state index >= 15 is 0 Å². The van der Waals surface area contributed by atoms with Crippen LogP contribution in [0.3, 0.4) is 0 Å². The third-order valence-electron chi connectivity index (χ3n) is 3.87. The third kappa shape index (κ3) is 7.65. The molecule has 0 saturated carbocycles. The van der Waals surface area contributed by atoms with E-state index in [0.29, 0.717) is 19.0 Å². The molecule has 0 aliphatic rings. The molecule has 0 spiro atoms. The van der Waals surface area contributed by atoms with Crippen molar-refractivity contribution in [1.29, 1.82) is 0 Å². The minimum Gasteiger partial charge on any atom is -0.357 e. The van der Waals surface area contributed by atoms with Gasteiger partial charge in [0.25, 0.3) is 0 Å². The summed E-state index contributed by atoms with van der Waals surface area (Å²) in [5, 5.41) is 8.08. The quantitative estimate of drug-likeness (QED) is 0.248. The SMILES string of the molecule is CCNC(=NCCCc1nc(C(C)C)no1)N(C)Cc1ccccc1Cl.I. The van der Waals surface area contributed by atoms with Crippen LogP contribution < -0.4 is 5.32 Å². The molecule has 0 fully saturated rings. The highest BCUT2D eigenvalue weighted by atomic mass is 127. The van der Waals surface area contributed by atoms with Crippen LogP contribution in [0.15, 0.2) is 33.8 Å². The number of aromatic nitrogens is 2. The highest BCUT2D eigenvalue weighted by Crippen LogP contribution is 2.16. The number of guanidine groups is 1. The van der Waals surface area contributed by atoms with Crippen molar-refractivity contribution >= 4 is 41.5 Å². The Labute approximate surface area is 183 Å². The second kappa shape index (κ2) is 12.2. The lowest BCUT2D eigenvalue weighted by Gasteiger charge is -2.22. The number of aliphatic imine (C=N–C) groups is 1. The van der Waals surface area contributed by atoms with Crippen LogP contribution >= 0.6 is 35.6 Å². The number of halogens is 2. The van der Waals surface area contributed by atoms with E-state index in [-0.39, 0.29) is 29.9 Å². The molecule has 150 valence electrons. The molecule has 6 nitrogen and oxygen atoms in total. The van der Waals surface area contributed by atoms with Gasteiger partial charge in [0.1, 0.15) is 0 Å². The van der Waals surface area contributed by atoms with Crippen molar-refractivity contribution in [3.8, 4) is 0 Å². The van der Waals surface area contributed by atoms with Gasteiger partial charge in [-0.3, -0.25) is 4.99 Å². The molecular weight excluding hydrogens is 477 g/mol. The normalized spacial score (nSPS) is 11.4. The third-order valence-corrected chi connectivity index (χ3v) is 4.24. The van der Waals surface area contributed by atoms with Crippen LogP contribution in [0, 0.1) is 0 Å². The average Bonchev–Trinajstić information content (AvgIpc) is 3.09. The van der Waals surface area contributed by atoms with Crippen molar-refractivity contribution in [3.05, 3.63) is 46.6 Å². The first-order valence-corrected chi connectivity index (χ1v) is 9.44. The molecule has 0 unspecified atom stereocenters. The number of nitrogens with one attached hydrogen (secondary N) is 1. The van der Waals surface area contributed by atoms with E-state index in [9.17, 15) is 0 Å². The molecule has 27 heavy (non-hydrogen) atoms. The van der Waals surface area contributed by atoms with Gasteiger partial charge in [-0.05, 0) is 25.0 Å². The first-order valence-electron chi connectivity index (χ1n) is 9.06. The predicted molar refractivity (Wildman–Crippen MR) is 121 cm³/mol. The van der Waals surface area contributed by atoms with Gasteiger partial charge in [-0.1, -0.05) is 48.8 Å². The van der Waals surface area contributed by atoms with E-state index in [0.717, 1.165) is 41.8 Å². The van der Waals surface area contributed by atoms with Crippen LogP contribution in [0.1, 0.15) is 50.4 Å². The average molecular weight is 506 g/mol. The number of nitrogens with zero attached hydrogens (tertiary/aromatic N) is 4. The summed E-state index contributed by atoms with van der Waals surface area (Å²) in [6, 6.07) is 7.87. The zero-order chi connectivity index (χ0) is 18.9. The summed E-state index contributed by atoms with van der Waals surface area (Å²) in [5.41, 5.74) is 1.08. The van der Waals surface area contributed by atoms with Gasteiger partial charge in [0.2, 0.25) is 5.89 Å². The van der Waals surface area contributed by atoms with Crippen molar-refractivity contribution in [2.75, 3.05) is 20.1 Å². The summed E-state index contributed by atoms with van der Waals surface area (Å²) in [7, 11) is 2.01. The molecule has 1 N–H and O–H groups in total. The lowest BCUT2D eigenvalue weighted by molar-refractivity contribution is 0.369. The number of rotatable bonds is 8. The minimum atomic E-state index is 0. The maximum Gasteiger partial charge on any atom is 0.226 e. The molecule has 8 heteroatoms. The van der Waals surface area contributed by atoms with Gasteiger partial charge in [-0.2, -0.15) is 4.98 Å². The maximum absolute atomic E-state index is 6.26. The summed E-state index contributed by atoms with van der Waals surface area (Å²) >= 11 is 6.26. The van der Waals surface area contributed by atoms with Crippen LogP contribution in [0.4, 0.5) is 0 Å². The first-order chi connectivity index (χ1) is 12.5. The van der Waals surface area contributed by atoms with Gasteiger partial charge < -0.3 is 14.7 Å². The summed E-state index contributed by atoms with van der Waals surface area (Å²) in [6.45, 7) is 8.37. The molecule has 0 radical (unpaired) electrons. The van der Waals surface area contributed by atoms with Crippen LogP contribution in [-0.2, 0) is 13.0 Å². The Hall–Kier alpha value is -1.35. The second-order valence-corrected chi connectivity index (χ2v) is 6.89. The fourth-order valence-corrected chi connectivity index (χ4v) is 2.64. The van der Waals surface area contributed by atoms with Crippen molar-refractivity contribution in [2.24, 2.45) is 4.99 Å². The van der Waals surface area contributed by atoms with E-state index in [2.05, 4.69) is 41.1 Å². The molecule has 0 aliphatic carbocycles. The van der Waals surface area contributed by atoms with Gasteiger partial charge in [0.15, 0.2) is 11.8 Å². The molecule has 1 aromatic carbocycles. The van der Waals surface area contributed by atoms with Gasteiger partial charge in [-0.25, -0.2) is 0 Å². The second-order valence-electron chi connectivity index (χ2n) is 6.49. The summed E-state index contributed by atoms with van der Waals surface area (Å²) in [5.74, 6) is 2.58. The van der Waals surface area contributed by atoms with E-state index in [1.54, 1.807) is 0 Å². The van der Waals surface area contributed by atoms with Crippen molar-refractivity contribution in [3.63, 3.8) is 0 Å². The standard InChI is InChI=1S/C19H28ClN5O.HI/c1-5-21-19(25(4)13-15-9-6-7-10-16(15)20)22-12-8-11-17-23-18(14(2)3)24-26-17;/h6-7,9-10,14H,5,8,11-13H2,1-4H3,(H,21,22);1H. The van der Waals surface area contributed by atoms with Crippen molar-refractivity contribution < 1.29 is 4.52 Å². The number of hydrogen-bond acceptors (Lipinski definition) is 4. The number of benzene rings is 1. The molecule has 0 atom stereocenters. The van der Waals surface area contributed by atoms with Crippen LogP contribution in [0.25, 0.3) is 0 Å². The summed E-state index contributed by atoms with van der Waals surface area (Å²) in [6.07, 6.45) is 1.59. The Morgan fingerprint density at radius 2 is 2.07 bits per heavy atom. The Morgan fingerprint density at radius 3 is 2.70 bits per heavy atom. The van der Waals surface area contributed by atoms with Gasteiger partial charge in [-0.15, -0.1) is 24.0 Å².